The summed E-state index contributed by atoms with van der Waals surface area (Å²) in [5.74, 6) is -0.412. The third-order valence-corrected chi connectivity index (χ3v) is 10.3. The zero-order valence-electron chi connectivity index (χ0n) is 18.4. The molecule has 3 rings (SSSR count). The lowest BCUT2D eigenvalue weighted by Gasteiger charge is -2.43. The molecule has 0 N–H and O–H groups in total. The SMILES string of the molecule is CCOC(=O)c1cc(CO[Si](c2ccccc2)(c2ccccc2)C(C)(C)C)n(C)n1. The Hall–Kier alpha value is -2.70. The van der Waals surface area contributed by atoms with Crippen LogP contribution < -0.4 is 10.4 Å². The van der Waals surface area contributed by atoms with Crippen molar-refractivity contribution < 1.29 is 14.0 Å². The Morgan fingerprint density at radius 2 is 1.53 bits per heavy atom. The first-order valence-electron chi connectivity index (χ1n) is 10.2. The fraction of sp³-hybridized carbons (Fsp3) is 0.333. The number of aryl methyl sites for hydroxylation is 1. The fourth-order valence-electron chi connectivity index (χ4n) is 3.89. The maximum Gasteiger partial charge on any atom is 0.358 e. The lowest BCUT2D eigenvalue weighted by molar-refractivity contribution is 0.0518. The highest BCUT2D eigenvalue weighted by atomic mass is 28.4. The number of hydrogen-bond donors (Lipinski definition) is 0. The van der Waals surface area contributed by atoms with Gasteiger partial charge in [0.1, 0.15) is 0 Å². The van der Waals surface area contributed by atoms with Crippen LogP contribution in [0.1, 0.15) is 43.9 Å². The lowest BCUT2D eigenvalue weighted by atomic mass is 10.2. The van der Waals surface area contributed by atoms with Gasteiger partial charge in [0.15, 0.2) is 5.69 Å². The summed E-state index contributed by atoms with van der Waals surface area (Å²) in [7, 11) is -0.819. The Balaban J connectivity index is 2.04. The van der Waals surface area contributed by atoms with E-state index in [4.69, 9.17) is 9.16 Å². The minimum atomic E-state index is -2.65. The normalized spacial score (nSPS) is 12.0. The van der Waals surface area contributed by atoms with E-state index < -0.39 is 14.3 Å². The number of carbonyl (C=O) groups is 1. The molecule has 2 aromatic carbocycles. The smallest absolute Gasteiger partial charge is 0.358 e. The van der Waals surface area contributed by atoms with Crippen LogP contribution in [0.5, 0.6) is 0 Å². The Kier molecular flexibility index (Phi) is 6.58. The summed E-state index contributed by atoms with van der Waals surface area (Å²) in [5, 5.41) is 6.64. The van der Waals surface area contributed by atoms with Crippen LogP contribution in [0.25, 0.3) is 0 Å². The molecule has 0 aliphatic heterocycles. The van der Waals surface area contributed by atoms with E-state index in [0.717, 1.165) is 5.69 Å². The molecule has 0 amide bonds. The summed E-state index contributed by atoms with van der Waals surface area (Å²) in [6.07, 6.45) is 0. The molecule has 0 saturated carbocycles. The first kappa shape index (κ1) is 22.0. The van der Waals surface area contributed by atoms with Crippen LogP contribution in [0.4, 0.5) is 0 Å². The van der Waals surface area contributed by atoms with Crippen LogP contribution in [-0.4, -0.2) is 30.7 Å². The van der Waals surface area contributed by atoms with Gasteiger partial charge in [0.25, 0.3) is 8.32 Å². The van der Waals surface area contributed by atoms with Gasteiger partial charge in [-0.25, -0.2) is 4.79 Å². The van der Waals surface area contributed by atoms with Crippen LogP contribution >= 0.6 is 0 Å². The maximum atomic E-state index is 12.1. The summed E-state index contributed by atoms with van der Waals surface area (Å²) >= 11 is 0. The second kappa shape index (κ2) is 8.98. The minimum absolute atomic E-state index is 0.113. The Bertz CT molecular complexity index is 939. The van der Waals surface area contributed by atoms with Crippen molar-refractivity contribution in [2.45, 2.75) is 39.3 Å². The van der Waals surface area contributed by atoms with Crippen molar-refractivity contribution in [3.05, 3.63) is 78.1 Å². The number of esters is 1. The van der Waals surface area contributed by atoms with E-state index in [0.29, 0.717) is 18.9 Å². The molecule has 158 valence electrons. The average molecular weight is 423 g/mol. The number of hydrogen-bond acceptors (Lipinski definition) is 4. The molecule has 0 saturated heterocycles. The van der Waals surface area contributed by atoms with E-state index in [1.54, 1.807) is 17.7 Å². The van der Waals surface area contributed by atoms with Gasteiger partial charge in [0.05, 0.1) is 18.9 Å². The number of benzene rings is 2. The van der Waals surface area contributed by atoms with Crippen LogP contribution in [-0.2, 0) is 22.8 Å². The van der Waals surface area contributed by atoms with Gasteiger partial charge >= 0.3 is 5.97 Å². The van der Waals surface area contributed by atoms with Crippen LogP contribution in [0, 0.1) is 0 Å². The highest BCUT2D eigenvalue weighted by Gasteiger charge is 2.50. The second-order valence-electron chi connectivity index (χ2n) is 8.32. The zero-order chi connectivity index (χ0) is 21.8. The average Bonchev–Trinajstić information content (AvgIpc) is 3.10. The first-order valence-corrected chi connectivity index (χ1v) is 12.2. The van der Waals surface area contributed by atoms with Gasteiger partial charge in [-0.15, -0.1) is 0 Å². The van der Waals surface area contributed by atoms with Gasteiger partial charge in [-0.3, -0.25) is 4.68 Å². The molecule has 0 aliphatic rings. The topological polar surface area (TPSA) is 53.4 Å². The number of aromatic nitrogens is 2. The predicted octanol–water partition coefficient (Wildman–Crippen LogP) is 3.67. The minimum Gasteiger partial charge on any atom is -0.461 e. The summed E-state index contributed by atoms with van der Waals surface area (Å²) in [6, 6.07) is 22.7. The maximum absolute atomic E-state index is 12.1. The predicted molar refractivity (Wildman–Crippen MR) is 122 cm³/mol. The Morgan fingerprint density at radius 3 is 2.00 bits per heavy atom. The molecule has 30 heavy (non-hydrogen) atoms. The van der Waals surface area contributed by atoms with Gasteiger partial charge < -0.3 is 9.16 Å². The molecule has 0 radical (unpaired) electrons. The molecule has 6 heteroatoms. The number of ether oxygens (including phenoxy) is 1. The summed E-state index contributed by atoms with van der Waals surface area (Å²) in [4.78, 5) is 12.1. The van der Waals surface area contributed by atoms with Crippen molar-refractivity contribution in [1.29, 1.82) is 0 Å². The van der Waals surface area contributed by atoms with E-state index >= 15 is 0 Å². The van der Waals surface area contributed by atoms with Crippen LogP contribution in [0.3, 0.4) is 0 Å². The lowest BCUT2D eigenvalue weighted by Crippen LogP contribution is -2.66. The van der Waals surface area contributed by atoms with Gasteiger partial charge in [-0.1, -0.05) is 81.4 Å². The van der Waals surface area contributed by atoms with Crippen molar-refractivity contribution in [2.24, 2.45) is 7.05 Å². The highest BCUT2D eigenvalue weighted by molar-refractivity contribution is 6.99. The number of nitrogens with zero attached hydrogens (tertiary/aromatic N) is 2. The largest absolute Gasteiger partial charge is 0.461 e. The quantitative estimate of drug-likeness (QED) is 0.431. The summed E-state index contributed by atoms with van der Waals surface area (Å²) in [5.41, 5.74) is 1.14. The van der Waals surface area contributed by atoms with E-state index in [9.17, 15) is 4.79 Å². The molecule has 3 aromatic rings. The van der Waals surface area contributed by atoms with Crippen molar-refractivity contribution in [3.63, 3.8) is 0 Å². The third-order valence-electron chi connectivity index (χ3n) is 5.31. The molecule has 5 nitrogen and oxygen atoms in total. The van der Waals surface area contributed by atoms with Gasteiger partial charge in [0.2, 0.25) is 0 Å². The van der Waals surface area contributed by atoms with Gasteiger partial charge in [0, 0.05) is 7.05 Å². The van der Waals surface area contributed by atoms with Crippen molar-refractivity contribution in [2.75, 3.05) is 6.61 Å². The van der Waals surface area contributed by atoms with Gasteiger partial charge in [-0.05, 0) is 28.4 Å². The molecular weight excluding hydrogens is 392 g/mol. The second-order valence-corrected chi connectivity index (χ2v) is 12.6. The Morgan fingerprint density at radius 1 is 1.00 bits per heavy atom. The number of rotatable bonds is 7. The Labute approximate surface area is 179 Å². The van der Waals surface area contributed by atoms with Gasteiger partial charge in [-0.2, -0.15) is 5.10 Å². The molecule has 1 aromatic heterocycles. The molecule has 1 heterocycles. The van der Waals surface area contributed by atoms with Crippen LogP contribution in [0.2, 0.25) is 5.04 Å². The van der Waals surface area contributed by atoms with Crippen molar-refractivity contribution >= 4 is 24.7 Å². The molecule has 0 atom stereocenters. The van der Waals surface area contributed by atoms with Crippen molar-refractivity contribution in [3.8, 4) is 0 Å². The molecule has 0 fully saturated rings. The summed E-state index contributed by atoms with van der Waals surface area (Å²) < 4.78 is 13.7. The zero-order valence-corrected chi connectivity index (χ0v) is 19.4. The first-order chi connectivity index (χ1) is 14.3. The molecule has 0 spiro atoms. The fourth-order valence-corrected chi connectivity index (χ4v) is 8.41. The third kappa shape index (κ3) is 4.25. The van der Waals surface area contributed by atoms with Crippen molar-refractivity contribution in [1.82, 2.24) is 9.78 Å². The molecule has 0 aliphatic carbocycles. The van der Waals surface area contributed by atoms with E-state index in [1.807, 2.05) is 19.2 Å². The molecular formula is C24H30N2O3Si. The molecule has 0 unspecified atom stereocenters. The van der Waals surface area contributed by atoms with E-state index in [2.05, 4.69) is 74.4 Å². The monoisotopic (exact) mass is 422 g/mol. The standard InChI is InChI=1S/C24H30N2O3Si/c1-6-28-23(27)22-17-19(26(5)25-22)18-29-30(24(2,3)4,20-13-9-7-10-14-20)21-15-11-8-12-16-21/h7-17H,6,18H2,1-5H3. The highest BCUT2D eigenvalue weighted by Crippen LogP contribution is 2.37. The van der Waals surface area contributed by atoms with Crippen LogP contribution in [0.15, 0.2) is 66.7 Å². The number of carbonyl (C=O) groups excluding carboxylic acids is 1. The van der Waals surface area contributed by atoms with E-state index in [-0.39, 0.29) is 5.04 Å². The summed E-state index contributed by atoms with van der Waals surface area (Å²) in [6.45, 7) is 9.19. The van der Waals surface area contributed by atoms with E-state index in [1.165, 1.54) is 10.4 Å². The molecule has 0 bridgehead atoms.